The van der Waals surface area contributed by atoms with Crippen LogP contribution in [-0.2, 0) is 4.74 Å². The predicted molar refractivity (Wildman–Crippen MR) is 77.6 cm³/mol. The molecule has 1 heterocycles. The zero-order valence-corrected chi connectivity index (χ0v) is 12.8. The van der Waals surface area contributed by atoms with Gasteiger partial charge in [0.1, 0.15) is 0 Å². The Morgan fingerprint density at radius 1 is 1.18 bits per heavy atom. The van der Waals surface area contributed by atoms with Crippen LogP contribution in [0.3, 0.4) is 0 Å². The molecule has 0 atom stereocenters. The van der Waals surface area contributed by atoms with Crippen LogP contribution in [-0.4, -0.2) is 44.3 Å². The van der Waals surface area contributed by atoms with Crippen LogP contribution < -0.4 is 5.32 Å². The van der Waals surface area contributed by atoms with Gasteiger partial charge in [-0.15, -0.1) is 0 Å². The van der Waals surface area contributed by atoms with Gasteiger partial charge >= 0.3 is 0 Å². The molecule has 5 heteroatoms. The minimum atomic E-state index is 0.860. The number of hydrogen-bond donors (Lipinski definition) is 1. The molecule has 17 heavy (non-hydrogen) atoms. The number of anilines is 1. The Kier molecular flexibility index (Phi) is 5.28. The van der Waals surface area contributed by atoms with E-state index < -0.39 is 0 Å². The molecule has 0 spiro atoms. The standard InChI is InChI=1S/C12H16Br2N2O/c13-10-2-1-3-11(14)12(10)15-4-5-16-6-8-17-9-7-16/h1-3,15H,4-9H2. The van der Waals surface area contributed by atoms with Gasteiger partial charge < -0.3 is 10.1 Å². The number of nitrogens with zero attached hydrogens (tertiary/aromatic N) is 1. The topological polar surface area (TPSA) is 24.5 Å². The van der Waals surface area contributed by atoms with E-state index in [1.807, 2.05) is 18.2 Å². The van der Waals surface area contributed by atoms with E-state index in [9.17, 15) is 0 Å². The van der Waals surface area contributed by atoms with Crippen LogP contribution in [0.1, 0.15) is 0 Å². The molecule has 0 amide bonds. The van der Waals surface area contributed by atoms with Crippen LogP contribution >= 0.6 is 31.9 Å². The molecule has 0 radical (unpaired) electrons. The van der Waals surface area contributed by atoms with Crippen molar-refractivity contribution in [3.8, 4) is 0 Å². The maximum absolute atomic E-state index is 5.33. The highest BCUT2D eigenvalue weighted by Gasteiger charge is 2.10. The molecule has 1 N–H and O–H groups in total. The summed E-state index contributed by atoms with van der Waals surface area (Å²) < 4.78 is 7.51. The molecule has 0 unspecified atom stereocenters. The third kappa shape index (κ3) is 3.95. The van der Waals surface area contributed by atoms with E-state index in [-0.39, 0.29) is 0 Å². The molecule has 2 rings (SSSR count). The number of morpholine rings is 1. The molecule has 94 valence electrons. The Labute approximate surface area is 119 Å². The summed E-state index contributed by atoms with van der Waals surface area (Å²) in [5, 5.41) is 3.45. The molecule has 0 aliphatic carbocycles. The van der Waals surface area contributed by atoms with Crippen molar-refractivity contribution in [2.45, 2.75) is 0 Å². The molecule has 3 nitrogen and oxygen atoms in total. The van der Waals surface area contributed by atoms with E-state index in [4.69, 9.17) is 4.74 Å². The highest BCUT2D eigenvalue weighted by atomic mass is 79.9. The molecule has 1 saturated heterocycles. The van der Waals surface area contributed by atoms with Crippen molar-refractivity contribution in [2.24, 2.45) is 0 Å². The van der Waals surface area contributed by atoms with Crippen molar-refractivity contribution in [1.82, 2.24) is 4.90 Å². The summed E-state index contributed by atoms with van der Waals surface area (Å²) in [5.41, 5.74) is 1.13. The number of ether oxygens (including phenoxy) is 1. The van der Waals surface area contributed by atoms with Crippen LogP contribution in [0, 0.1) is 0 Å². The van der Waals surface area contributed by atoms with Crippen LogP contribution in [0.4, 0.5) is 5.69 Å². The normalized spacial score (nSPS) is 17.1. The lowest BCUT2D eigenvalue weighted by Gasteiger charge is -2.26. The highest BCUT2D eigenvalue weighted by molar-refractivity contribution is 9.11. The number of rotatable bonds is 4. The Balaban J connectivity index is 1.81. The van der Waals surface area contributed by atoms with Crippen molar-refractivity contribution in [1.29, 1.82) is 0 Å². The average molecular weight is 364 g/mol. The van der Waals surface area contributed by atoms with E-state index >= 15 is 0 Å². The van der Waals surface area contributed by atoms with Gasteiger partial charge in [-0.1, -0.05) is 6.07 Å². The Hall–Kier alpha value is -0.100. The first-order chi connectivity index (χ1) is 8.27. The summed E-state index contributed by atoms with van der Waals surface area (Å²) in [7, 11) is 0. The second-order valence-corrected chi connectivity index (χ2v) is 5.69. The first-order valence-electron chi connectivity index (χ1n) is 5.75. The maximum atomic E-state index is 5.33. The molecule has 1 aromatic carbocycles. The monoisotopic (exact) mass is 362 g/mol. The van der Waals surface area contributed by atoms with Gasteiger partial charge in [-0.2, -0.15) is 0 Å². The molecule has 1 aliphatic rings. The van der Waals surface area contributed by atoms with Gasteiger partial charge in [0.05, 0.1) is 18.9 Å². The number of para-hydroxylation sites is 1. The van der Waals surface area contributed by atoms with Gasteiger partial charge in [0.25, 0.3) is 0 Å². The number of benzene rings is 1. The first kappa shape index (κ1) is 13.3. The van der Waals surface area contributed by atoms with Crippen LogP contribution in [0.2, 0.25) is 0 Å². The second-order valence-electron chi connectivity index (χ2n) is 3.98. The van der Waals surface area contributed by atoms with E-state index in [0.29, 0.717) is 0 Å². The fourth-order valence-electron chi connectivity index (χ4n) is 1.83. The van der Waals surface area contributed by atoms with Crippen LogP contribution in [0.15, 0.2) is 27.1 Å². The summed E-state index contributed by atoms with van der Waals surface area (Å²) in [6.45, 7) is 5.80. The quantitative estimate of drug-likeness (QED) is 0.890. The predicted octanol–water partition coefficient (Wildman–Crippen LogP) is 2.96. The third-order valence-electron chi connectivity index (χ3n) is 2.80. The van der Waals surface area contributed by atoms with Crippen molar-refractivity contribution >= 4 is 37.5 Å². The van der Waals surface area contributed by atoms with Crippen molar-refractivity contribution in [2.75, 3.05) is 44.7 Å². The summed E-state index contributed by atoms with van der Waals surface area (Å²) in [4.78, 5) is 2.42. The van der Waals surface area contributed by atoms with Crippen LogP contribution in [0.5, 0.6) is 0 Å². The summed E-state index contributed by atoms with van der Waals surface area (Å²) in [6.07, 6.45) is 0. The molecule has 0 bridgehead atoms. The Morgan fingerprint density at radius 2 is 1.82 bits per heavy atom. The summed E-state index contributed by atoms with van der Waals surface area (Å²) >= 11 is 7.09. The summed E-state index contributed by atoms with van der Waals surface area (Å²) in [5.74, 6) is 0. The van der Waals surface area contributed by atoms with E-state index in [0.717, 1.165) is 54.0 Å². The van der Waals surface area contributed by atoms with Gasteiger partial charge in [-0.3, -0.25) is 4.90 Å². The number of hydrogen-bond acceptors (Lipinski definition) is 3. The van der Waals surface area contributed by atoms with E-state index in [1.165, 1.54) is 0 Å². The molecule has 1 aliphatic heterocycles. The minimum Gasteiger partial charge on any atom is -0.382 e. The fourth-order valence-corrected chi connectivity index (χ4v) is 3.11. The van der Waals surface area contributed by atoms with Crippen LogP contribution in [0.25, 0.3) is 0 Å². The zero-order chi connectivity index (χ0) is 12.1. The maximum Gasteiger partial charge on any atom is 0.0629 e. The number of nitrogens with one attached hydrogen (secondary N) is 1. The van der Waals surface area contributed by atoms with E-state index in [1.54, 1.807) is 0 Å². The fraction of sp³-hybridized carbons (Fsp3) is 0.500. The minimum absolute atomic E-state index is 0.860. The average Bonchev–Trinajstić information content (AvgIpc) is 2.34. The molecular weight excluding hydrogens is 348 g/mol. The van der Waals surface area contributed by atoms with Gasteiger partial charge in [0.15, 0.2) is 0 Å². The molecule has 0 aromatic heterocycles. The SMILES string of the molecule is Brc1cccc(Br)c1NCCN1CCOCC1. The van der Waals surface area contributed by atoms with Crippen molar-refractivity contribution < 1.29 is 4.74 Å². The van der Waals surface area contributed by atoms with Gasteiger partial charge in [-0.05, 0) is 44.0 Å². The lowest BCUT2D eigenvalue weighted by molar-refractivity contribution is 0.0398. The lowest BCUT2D eigenvalue weighted by Crippen LogP contribution is -2.39. The van der Waals surface area contributed by atoms with E-state index in [2.05, 4.69) is 42.1 Å². The first-order valence-corrected chi connectivity index (χ1v) is 7.34. The molecule has 0 saturated carbocycles. The molecule has 1 fully saturated rings. The third-order valence-corrected chi connectivity index (χ3v) is 4.12. The van der Waals surface area contributed by atoms with Gasteiger partial charge in [0.2, 0.25) is 0 Å². The highest BCUT2D eigenvalue weighted by Crippen LogP contribution is 2.30. The van der Waals surface area contributed by atoms with Crippen molar-refractivity contribution in [3.63, 3.8) is 0 Å². The smallest absolute Gasteiger partial charge is 0.0629 e. The summed E-state index contributed by atoms with van der Waals surface area (Å²) in [6, 6.07) is 6.10. The lowest BCUT2D eigenvalue weighted by atomic mass is 10.3. The molecular formula is C12H16Br2N2O. The van der Waals surface area contributed by atoms with Crippen molar-refractivity contribution in [3.05, 3.63) is 27.1 Å². The Bertz CT molecular complexity index is 347. The van der Waals surface area contributed by atoms with Gasteiger partial charge in [0, 0.05) is 35.1 Å². The second kappa shape index (κ2) is 6.73. The Morgan fingerprint density at radius 3 is 2.47 bits per heavy atom. The largest absolute Gasteiger partial charge is 0.382 e. The molecule has 1 aromatic rings. The number of halogens is 2. The zero-order valence-electron chi connectivity index (χ0n) is 9.59. The van der Waals surface area contributed by atoms with Gasteiger partial charge in [-0.25, -0.2) is 0 Å².